The first-order chi connectivity index (χ1) is 16.4. The van der Waals surface area contributed by atoms with Gasteiger partial charge >= 0.3 is 0 Å². The van der Waals surface area contributed by atoms with Crippen LogP contribution in [0.4, 0.5) is 0 Å². The number of fused-ring (bicyclic) bond motifs is 1. The summed E-state index contributed by atoms with van der Waals surface area (Å²) >= 11 is 6.50. The number of allylic oxidation sites excluding steroid dienone is 1. The molecule has 0 bridgehead atoms. The maximum absolute atomic E-state index is 12.5. The molecule has 2 heterocycles. The van der Waals surface area contributed by atoms with Crippen molar-refractivity contribution in [3.63, 3.8) is 0 Å². The van der Waals surface area contributed by atoms with E-state index in [0.717, 1.165) is 11.3 Å². The normalized spacial score (nSPS) is 16.1. The van der Waals surface area contributed by atoms with Crippen LogP contribution in [-0.2, 0) is 9.63 Å². The first-order valence-corrected chi connectivity index (χ1v) is 11.1. The molecule has 9 heteroatoms. The van der Waals surface area contributed by atoms with Gasteiger partial charge in [0.1, 0.15) is 24.7 Å². The number of ether oxygens (including phenoxy) is 3. The van der Waals surface area contributed by atoms with Crippen LogP contribution < -0.4 is 14.2 Å². The minimum Gasteiger partial charge on any atom is -0.490 e. The number of halogens is 1. The van der Waals surface area contributed by atoms with E-state index in [2.05, 4.69) is 4.99 Å². The third-order valence-corrected chi connectivity index (χ3v) is 5.22. The molecular weight excluding hydrogens is 458 g/mol. The fourth-order valence-corrected chi connectivity index (χ4v) is 3.65. The molecule has 1 amide bonds. The summed E-state index contributed by atoms with van der Waals surface area (Å²) in [7, 11) is 0. The van der Waals surface area contributed by atoms with Crippen LogP contribution in [0.15, 0.2) is 58.8 Å². The monoisotopic (exact) mass is 481 g/mol. The van der Waals surface area contributed by atoms with E-state index in [1.807, 2.05) is 38.1 Å². The average Bonchev–Trinajstić information content (AvgIpc) is 3.17. The van der Waals surface area contributed by atoms with Crippen molar-refractivity contribution in [2.45, 2.75) is 20.8 Å². The molecule has 0 saturated heterocycles. The van der Waals surface area contributed by atoms with Crippen molar-refractivity contribution in [3.8, 4) is 17.2 Å². The van der Waals surface area contributed by atoms with Crippen LogP contribution in [0.1, 0.15) is 25.0 Å². The van der Waals surface area contributed by atoms with Gasteiger partial charge in [-0.15, -0.1) is 5.06 Å². The summed E-state index contributed by atoms with van der Waals surface area (Å²) in [5.74, 6) is 1.75. The van der Waals surface area contributed by atoms with Crippen LogP contribution in [-0.4, -0.2) is 42.5 Å². The quantitative estimate of drug-likeness (QED) is 0.423. The van der Waals surface area contributed by atoms with E-state index in [1.54, 1.807) is 25.1 Å². The Labute approximate surface area is 202 Å². The van der Waals surface area contributed by atoms with E-state index in [0.29, 0.717) is 41.1 Å². The lowest BCUT2D eigenvalue weighted by Gasteiger charge is -2.23. The Morgan fingerprint density at radius 1 is 1.12 bits per heavy atom. The first-order valence-electron chi connectivity index (χ1n) is 10.7. The van der Waals surface area contributed by atoms with E-state index in [4.69, 9.17) is 36.1 Å². The molecule has 2 aliphatic heterocycles. The summed E-state index contributed by atoms with van der Waals surface area (Å²) < 4.78 is 17.3. The number of nitrogens with zero attached hydrogens (tertiary/aromatic N) is 2. The van der Waals surface area contributed by atoms with Crippen molar-refractivity contribution in [3.05, 3.63) is 70.0 Å². The van der Waals surface area contributed by atoms with Gasteiger partial charge in [0.15, 0.2) is 23.2 Å². The number of aryl methyl sites for hydroxylation is 1. The van der Waals surface area contributed by atoms with Gasteiger partial charge in [-0.1, -0.05) is 29.3 Å². The lowest BCUT2D eigenvalue weighted by Crippen LogP contribution is -2.38. The number of hydrogen-bond donors (Lipinski definition) is 1. The molecule has 34 heavy (non-hydrogen) atoms. The highest BCUT2D eigenvalue weighted by atomic mass is 35.5. The van der Waals surface area contributed by atoms with Crippen molar-refractivity contribution < 1.29 is 23.8 Å². The van der Waals surface area contributed by atoms with Crippen molar-refractivity contribution >= 4 is 35.3 Å². The summed E-state index contributed by atoms with van der Waals surface area (Å²) in [6.07, 6.45) is 3.13. The van der Waals surface area contributed by atoms with E-state index in [9.17, 15) is 4.79 Å². The van der Waals surface area contributed by atoms with Crippen LogP contribution in [0.3, 0.4) is 0 Å². The Kier molecular flexibility index (Phi) is 6.88. The van der Waals surface area contributed by atoms with Crippen LogP contribution >= 0.6 is 11.6 Å². The van der Waals surface area contributed by atoms with E-state index >= 15 is 0 Å². The molecule has 2 aromatic carbocycles. The SMILES string of the molecule is CCOc1cc(/C=C2\C(=N)N3OC(C)=CC3=NC2=O)cc(Cl)c1OCCOc1ccc(C)cc1. The summed E-state index contributed by atoms with van der Waals surface area (Å²) in [6.45, 7) is 6.56. The van der Waals surface area contributed by atoms with Gasteiger partial charge in [-0.05, 0) is 56.7 Å². The number of hydroxylamine groups is 2. The highest BCUT2D eigenvalue weighted by Crippen LogP contribution is 2.37. The average molecular weight is 482 g/mol. The van der Waals surface area contributed by atoms with E-state index < -0.39 is 5.91 Å². The van der Waals surface area contributed by atoms with Gasteiger partial charge in [-0.25, -0.2) is 0 Å². The van der Waals surface area contributed by atoms with Crippen molar-refractivity contribution in [1.82, 2.24) is 5.06 Å². The zero-order chi connectivity index (χ0) is 24.2. The largest absolute Gasteiger partial charge is 0.490 e. The molecule has 0 aliphatic carbocycles. The lowest BCUT2D eigenvalue weighted by molar-refractivity contribution is -0.114. The van der Waals surface area contributed by atoms with Crippen LogP contribution in [0.2, 0.25) is 5.02 Å². The predicted molar refractivity (Wildman–Crippen MR) is 130 cm³/mol. The maximum Gasteiger partial charge on any atom is 0.282 e. The number of benzene rings is 2. The number of nitrogens with one attached hydrogen (secondary N) is 1. The summed E-state index contributed by atoms with van der Waals surface area (Å²) in [5, 5.41) is 9.88. The first kappa shape index (κ1) is 23.4. The van der Waals surface area contributed by atoms with Gasteiger partial charge in [0.2, 0.25) is 0 Å². The predicted octanol–water partition coefficient (Wildman–Crippen LogP) is 4.96. The number of amidine groups is 2. The maximum atomic E-state index is 12.5. The highest BCUT2D eigenvalue weighted by molar-refractivity contribution is 6.33. The third-order valence-electron chi connectivity index (χ3n) is 4.94. The Morgan fingerprint density at radius 3 is 2.59 bits per heavy atom. The molecule has 2 aromatic rings. The number of hydrogen-bond acceptors (Lipinski definition) is 6. The Balaban J connectivity index is 1.50. The van der Waals surface area contributed by atoms with Crippen molar-refractivity contribution in [1.29, 1.82) is 5.41 Å². The molecule has 176 valence electrons. The second-order valence-corrected chi connectivity index (χ2v) is 8.00. The Bertz CT molecular complexity index is 1220. The van der Waals surface area contributed by atoms with Gasteiger partial charge in [-0.3, -0.25) is 10.2 Å². The van der Waals surface area contributed by atoms with Crippen molar-refractivity contribution in [2.24, 2.45) is 4.99 Å². The van der Waals surface area contributed by atoms with Gasteiger partial charge < -0.3 is 19.0 Å². The van der Waals surface area contributed by atoms with Crippen LogP contribution in [0.5, 0.6) is 17.2 Å². The molecule has 8 nitrogen and oxygen atoms in total. The topological polar surface area (TPSA) is 93.4 Å². The molecule has 4 rings (SSSR count). The fraction of sp³-hybridized carbons (Fsp3) is 0.240. The lowest BCUT2D eigenvalue weighted by atomic mass is 10.1. The van der Waals surface area contributed by atoms with Gasteiger partial charge in [0.05, 0.1) is 17.2 Å². The molecule has 0 aromatic heterocycles. The van der Waals surface area contributed by atoms with Gasteiger partial charge in [0.25, 0.3) is 5.91 Å². The molecule has 0 radical (unpaired) electrons. The van der Waals surface area contributed by atoms with Crippen molar-refractivity contribution in [2.75, 3.05) is 19.8 Å². The molecule has 0 unspecified atom stereocenters. The second kappa shape index (κ2) is 10.0. The fourth-order valence-electron chi connectivity index (χ4n) is 3.38. The van der Waals surface area contributed by atoms with Crippen LogP contribution in [0, 0.1) is 12.3 Å². The number of carbonyl (C=O) groups excluding carboxylic acids is 1. The standard InChI is InChI=1S/C25H24ClN3O5/c1-4-31-21-14-17(12-19-24(27)29-22(28-25(19)30)11-16(3)34-29)13-20(26)23(21)33-10-9-32-18-7-5-15(2)6-8-18/h5-8,11-14,27H,4,9-10H2,1-3H3/b19-12+,27-24?. The summed E-state index contributed by atoms with van der Waals surface area (Å²) in [5.41, 5.74) is 1.79. The zero-order valence-electron chi connectivity index (χ0n) is 19.1. The van der Waals surface area contributed by atoms with E-state index in [1.165, 1.54) is 11.1 Å². The minimum absolute atomic E-state index is 0.0746. The Hall–Kier alpha value is -3.78. The summed E-state index contributed by atoms with van der Waals surface area (Å²) in [4.78, 5) is 22.0. The molecule has 0 atom stereocenters. The highest BCUT2D eigenvalue weighted by Gasteiger charge is 2.34. The smallest absolute Gasteiger partial charge is 0.282 e. The molecule has 1 N–H and O–H groups in total. The van der Waals surface area contributed by atoms with E-state index in [-0.39, 0.29) is 23.9 Å². The van der Waals surface area contributed by atoms with Gasteiger partial charge in [-0.2, -0.15) is 4.99 Å². The van der Waals surface area contributed by atoms with Crippen LogP contribution in [0.25, 0.3) is 6.08 Å². The molecule has 0 fully saturated rings. The molecule has 0 saturated carbocycles. The second-order valence-electron chi connectivity index (χ2n) is 7.60. The molecular formula is C25H24ClN3O5. The number of aliphatic imine (C=N–C) groups is 1. The molecule has 2 aliphatic rings. The zero-order valence-corrected chi connectivity index (χ0v) is 19.8. The summed E-state index contributed by atoms with van der Waals surface area (Å²) in [6, 6.07) is 11.1. The number of rotatable bonds is 8. The van der Waals surface area contributed by atoms with Gasteiger partial charge in [0, 0.05) is 6.08 Å². The molecule has 0 spiro atoms. The third kappa shape index (κ3) is 5.07. The minimum atomic E-state index is -0.534. The Morgan fingerprint density at radius 2 is 1.85 bits per heavy atom. The number of carbonyl (C=O) groups is 1. The number of amides is 1.